The fourth-order valence-electron chi connectivity index (χ4n) is 1.31. The molecule has 14 heavy (non-hydrogen) atoms. The molecule has 0 fully saturated rings. The van der Waals surface area contributed by atoms with Crippen LogP contribution in [0.3, 0.4) is 0 Å². The average Bonchev–Trinajstić information content (AvgIpc) is 2.16. The molecule has 0 bridgehead atoms. The van der Waals surface area contributed by atoms with E-state index < -0.39 is 0 Å². The van der Waals surface area contributed by atoms with Crippen molar-refractivity contribution in [3.63, 3.8) is 0 Å². The molecule has 1 aromatic rings. The van der Waals surface area contributed by atoms with Crippen LogP contribution in [-0.4, -0.2) is 11.0 Å². The van der Waals surface area contributed by atoms with Crippen molar-refractivity contribution in [2.24, 2.45) is 0 Å². The topological polar surface area (TPSA) is 46.5 Å². The zero-order valence-corrected chi connectivity index (χ0v) is 8.57. The number of hydrogen-bond donors (Lipinski definition) is 1. The molecule has 1 rings (SSSR count). The maximum absolute atomic E-state index is 11.1. The predicted molar refractivity (Wildman–Crippen MR) is 53.8 cm³/mol. The van der Waals surface area contributed by atoms with Gasteiger partial charge in [0.1, 0.15) is 0 Å². The summed E-state index contributed by atoms with van der Waals surface area (Å²) in [5, 5.41) is 8.66. The average molecular weight is 194 g/mol. The molecule has 0 amide bonds. The van der Waals surface area contributed by atoms with Crippen LogP contribution in [-0.2, 0) is 0 Å². The predicted octanol–water partition coefficient (Wildman–Crippen LogP) is 2.86. The summed E-state index contributed by atoms with van der Waals surface area (Å²) in [5.74, 6) is 0.560. The smallest absolute Gasteiger partial charge is 0.169 e. The summed E-state index contributed by atoms with van der Waals surface area (Å²) >= 11 is 0. The third kappa shape index (κ3) is 2.12. The highest BCUT2D eigenvalue weighted by molar-refractivity contribution is 5.94. The summed E-state index contributed by atoms with van der Waals surface area (Å²) in [6.07, 6.45) is 0. The molecule has 1 N–H and O–H groups in total. The van der Waals surface area contributed by atoms with Crippen LogP contribution in [0.15, 0.2) is 18.2 Å². The zero-order chi connectivity index (χ0) is 10.7. The monoisotopic (exact) mass is 194 g/mol. The van der Waals surface area contributed by atoms with E-state index in [0.29, 0.717) is 11.3 Å². The van der Waals surface area contributed by atoms with Gasteiger partial charge in [0.05, 0.1) is 0 Å². The summed E-state index contributed by atoms with van der Waals surface area (Å²) in [6, 6.07) is 5.09. The van der Waals surface area contributed by atoms with Crippen LogP contribution in [0.1, 0.15) is 42.6 Å². The minimum absolute atomic E-state index is 0.0430. The Labute approximate surface area is 83.3 Å². The summed E-state index contributed by atoms with van der Waals surface area (Å²) in [5.41, 5.74) is 1.43. The maximum atomic E-state index is 11.1. The number of ketones is 1. The molecule has 76 valence electrons. The lowest BCUT2D eigenvalue weighted by Gasteiger charge is -2.10. The van der Waals surface area contributed by atoms with Crippen LogP contribution in [0, 0.1) is 0 Å². The van der Waals surface area contributed by atoms with Crippen LogP contribution in [0.25, 0.3) is 0 Å². The molecule has 0 aliphatic heterocycles. The van der Waals surface area contributed by atoms with Crippen molar-refractivity contribution < 1.29 is 14.9 Å². The largest absolute Gasteiger partial charge is 0.340 e. The van der Waals surface area contributed by atoms with Crippen LogP contribution in [0.4, 0.5) is 0 Å². The summed E-state index contributed by atoms with van der Waals surface area (Å²) in [4.78, 5) is 15.3. The van der Waals surface area contributed by atoms with Crippen molar-refractivity contribution in [1.82, 2.24) is 0 Å². The van der Waals surface area contributed by atoms with E-state index in [-0.39, 0.29) is 11.7 Å². The first-order chi connectivity index (χ1) is 6.56. The molecule has 0 spiro atoms. The Morgan fingerprint density at radius 2 is 2.07 bits per heavy atom. The van der Waals surface area contributed by atoms with Crippen molar-refractivity contribution in [3.8, 4) is 5.75 Å². The van der Waals surface area contributed by atoms with Gasteiger partial charge >= 0.3 is 0 Å². The quantitative estimate of drug-likeness (QED) is 0.457. The highest BCUT2D eigenvalue weighted by atomic mass is 17.1. The third-order valence-electron chi connectivity index (χ3n) is 2.14. The number of hydrogen-bond acceptors (Lipinski definition) is 3. The third-order valence-corrected chi connectivity index (χ3v) is 2.14. The number of Topliss-reactive ketones (excluding diaryl/α,β-unsaturated/α-hetero) is 1. The van der Waals surface area contributed by atoms with Gasteiger partial charge < -0.3 is 4.89 Å². The van der Waals surface area contributed by atoms with Crippen LogP contribution in [0.5, 0.6) is 5.75 Å². The normalized spacial score (nSPS) is 10.4. The van der Waals surface area contributed by atoms with E-state index in [2.05, 4.69) is 4.89 Å². The molecule has 0 saturated carbocycles. The Hall–Kier alpha value is -1.35. The molecule has 0 aromatic heterocycles. The molecule has 0 saturated heterocycles. The lowest BCUT2D eigenvalue weighted by molar-refractivity contribution is -0.138. The van der Waals surface area contributed by atoms with Gasteiger partial charge in [-0.2, -0.15) is 0 Å². The summed E-state index contributed by atoms with van der Waals surface area (Å²) in [7, 11) is 0. The Morgan fingerprint density at radius 3 is 2.50 bits per heavy atom. The van der Waals surface area contributed by atoms with Gasteiger partial charge in [-0.1, -0.05) is 26.0 Å². The Bertz CT molecular complexity index is 342. The molecular formula is C11H14O3. The molecule has 3 nitrogen and oxygen atoms in total. The van der Waals surface area contributed by atoms with Crippen molar-refractivity contribution in [1.29, 1.82) is 0 Å². The fraction of sp³-hybridized carbons (Fsp3) is 0.364. The van der Waals surface area contributed by atoms with Gasteiger partial charge in [-0.05, 0) is 18.9 Å². The van der Waals surface area contributed by atoms with Crippen LogP contribution >= 0.6 is 0 Å². The molecule has 0 heterocycles. The summed E-state index contributed by atoms with van der Waals surface area (Å²) in [6.45, 7) is 5.46. The van der Waals surface area contributed by atoms with Crippen molar-refractivity contribution >= 4 is 5.78 Å². The molecule has 0 aliphatic rings. The highest BCUT2D eigenvalue weighted by Crippen LogP contribution is 2.27. The second kappa shape index (κ2) is 4.24. The standard InChI is InChI=1S/C11H14O3/c1-7(2)10-5-4-9(8(3)12)6-11(10)14-13/h4-7,13H,1-3H3. The molecule has 1 aromatic carbocycles. The number of carbonyl (C=O) groups excluding carboxylic acids is 1. The lowest BCUT2D eigenvalue weighted by Crippen LogP contribution is -1.98. The number of benzene rings is 1. The van der Waals surface area contributed by atoms with Crippen molar-refractivity contribution in [2.45, 2.75) is 26.7 Å². The van der Waals surface area contributed by atoms with Gasteiger partial charge in [0.25, 0.3) is 0 Å². The first kappa shape index (κ1) is 10.7. The molecular weight excluding hydrogens is 180 g/mol. The van der Waals surface area contributed by atoms with Crippen LogP contribution < -0.4 is 4.89 Å². The molecule has 0 radical (unpaired) electrons. The SMILES string of the molecule is CC(=O)c1ccc(C(C)C)c(OO)c1. The second-order valence-corrected chi connectivity index (χ2v) is 3.55. The first-order valence-electron chi connectivity index (χ1n) is 4.52. The fourth-order valence-corrected chi connectivity index (χ4v) is 1.31. The van der Waals surface area contributed by atoms with Gasteiger partial charge in [0.2, 0.25) is 0 Å². The lowest BCUT2D eigenvalue weighted by atomic mass is 9.99. The second-order valence-electron chi connectivity index (χ2n) is 3.55. The molecule has 0 unspecified atom stereocenters. The first-order valence-corrected chi connectivity index (χ1v) is 4.52. The van der Waals surface area contributed by atoms with E-state index in [1.54, 1.807) is 18.2 Å². The Kier molecular flexibility index (Phi) is 3.25. The van der Waals surface area contributed by atoms with E-state index in [9.17, 15) is 4.79 Å². The maximum Gasteiger partial charge on any atom is 0.169 e. The van der Waals surface area contributed by atoms with Gasteiger partial charge in [-0.3, -0.25) is 4.79 Å². The zero-order valence-electron chi connectivity index (χ0n) is 8.57. The summed E-state index contributed by atoms with van der Waals surface area (Å²) < 4.78 is 0. The van der Waals surface area contributed by atoms with E-state index in [1.807, 2.05) is 13.8 Å². The van der Waals surface area contributed by atoms with E-state index in [0.717, 1.165) is 5.56 Å². The van der Waals surface area contributed by atoms with Crippen molar-refractivity contribution in [3.05, 3.63) is 29.3 Å². The Morgan fingerprint density at radius 1 is 1.43 bits per heavy atom. The molecule has 0 aliphatic carbocycles. The molecule has 0 atom stereocenters. The molecule has 3 heteroatoms. The van der Waals surface area contributed by atoms with E-state index >= 15 is 0 Å². The minimum atomic E-state index is -0.0430. The van der Waals surface area contributed by atoms with E-state index in [1.165, 1.54) is 6.92 Å². The number of rotatable bonds is 3. The van der Waals surface area contributed by atoms with Crippen LogP contribution in [0.2, 0.25) is 0 Å². The van der Waals surface area contributed by atoms with Gasteiger partial charge in [-0.15, -0.1) is 0 Å². The van der Waals surface area contributed by atoms with Crippen molar-refractivity contribution in [2.75, 3.05) is 0 Å². The van der Waals surface area contributed by atoms with Gasteiger partial charge in [0, 0.05) is 11.1 Å². The van der Waals surface area contributed by atoms with Gasteiger partial charge in [0.15, 0.2) is 11.5 Å². The Balaban J connectivity index is 3.18. The van der Waals surface area contributed by atoms with Gasteiger partial charge in [-0.25, -0.2) is 5.26 Å². The minimum Gasteiger partial charge on any atom is -0.340 e. The highest BCUT2D eigenvalue weighted by Gasteiger charge is 2.10. The van der Waals surface area contributed by atoms with E-state index in [4.69, 9.17) is 5.26 Å². The number of carbonyl (C=O) groups is 1.